The monoisotopic (exact) mass is 433 g/mol. The normalized spacial score (nSPS) is 20.1. The summed E-state index contributed by atoms with van der Waals surface area (Å²) in [6, 6.07) is 18.3. The number of nitrogens with two attached hydrogens (primary N) is 1. The van der Waals surface area contributed by atoms with Gasteiger partial charge in [-0.05, 0) is 17.5 Å². The molecule has 2 heterocycles. The van der Waals surface area contributed by atoms with Crippen LogP contribution in [0, 0.1) is 11.8 Å². The number of carbonyl (C=O) groups excluding carboxylic acids is 3. The van der Waals surface area contributed by atoms with Crippen LogP contribution in [0.2, 0.25) is 0 Å². The standard InChI is InChI=1S/C24H25N4O4/c25-23(31)28-22(30)24(15-18-7-3-1-4-8-18)17-27(13-11-20(24)26-28)21(29)12-14-32-16-19-9-5-2-6-10-19/h1-10,12H,11,13-17H2,(H2,25,31). The molecule has 0 bridgehead atoms. The largest absolute Gasteiger partial charge is 0.376 e. The number of benzene rings is 2. The van der Waals surface area contributed by atoms with E-state index in [4.69, 9.17) is 10.5 Å². The van der Waals surface area contributed by atoms with Gasteiger partial charge in [0.1, 0.15) is 5.41 Å². The van der Waals surface area contributed by atoms with Crippen LogP contribution in [-0.4, -0.2) is 53.2 Å². The molecule has 0 spiro atoms. The fourth-order valence-corrected chi connectivity index (χ4v) is 4.21. The maximum atomic E-state index is 13.2. The number of carbonyl (C=O) groups is 3. The zero-order valence-corrected chi connectivity index (χ0v) is 17.6. The molecule has 2 aliphatic heterocycles. The summed E-state index contributed by atoms with van der Waals surface area (Å²) in [4.78, 5) is 39.5. The lowest BCUT2D eigenvalue weighted by molar-refractivity contribution is -0.137. The quantitative estimate of drug-likeness (QED) is 0.676. The predicted molar refractivity (Wildman–Crippen MR) is 118 cm³/mol. The number of rotatable bonds is 7. The fraction of sp³-hybridized carbons (Fsp3) is 0.292. The molecule has 1 radical (unpaired) electrons. The van der Waals surface area contributed by atoms with Gasteiger partial charge < -0.3 is 15.4 Å². The van der Waals surface area contributed by atoms with Gasteiger partial charge in [-0.2, -0.15) is 5.10 Å². The average Bonchev–Trinajstić information content (AvgIpc) is 3.09. The van der Waals surface area contributed by atoms with Gasteiger partial charge in [-0.1, -0.05) is 60.7 Å². The molecule has 2 aromatic carbocycles. The van der Waals surface area contributed by atoms with E-state index in [1.54, 1.807) is 4.90 Å². The van der Waals surface area contributed by atoms with E-state index in [9.17, 15) is 14.4 Å². The molecule has 1 atom stereocenters. The number of urea groups is 1. The molecule has 0 aromatic heterocycles. The van der Waals surface area contributed by atoms with Gasteiger partial charge in [0.15, 0.2) is 0 Å². The molecule has 165 valence electrons. The molecule has 1 unspecified atom stereocenters. The summed E-state index contributed by atoms with van der Waals surface area (Å²) in [7, 11) is 0. The van der Waals surface area contributed by atoms with E-state index < -0.39 is 17.4 Å². The number of likely N-dealkylation sites (tertiary alicyclic amines) is 1. The molecular weight excluding hydrogens is 408 g/mol. The van der Waals surface area contributed by atoms with E-state index >= 15 is 0 Å². The second kappa shape index (κ2) is 9.32. The van der Waals surface area contributed by atoms with Crippen molar-refractivity contribution in [2.24, 2.45) is 16.3 Å². The number of imide groups is 1. The van der Waals surface area contributed by atoms with Crippen LogP contribution >= 0.6 is 0 Å². The average molecular weight is 433 g/mol. The van der Waals surface area contributed by atoms with Crippen LogP contribution < -0.4 is 5.73 Å². The highest BCUT2D eigenvalue weighted by Gasteiger charge is 2.55. The van der Waals surface area contributed by atoms with Crippen molar-refractivity contribution in [3.63, 3.8) is 0 Å². The van der Waals surface area contributed by atoms with Gasteiger partial charge in [0, 0.05) is 19.5 Å². The number of hydrogen-bond donors (Lipinski definition) is 1. The Hall–Kier alpha value is -3.52. The highest BCUT2D eigenvalue weighted by molar-refractivity contribution is 6.17. The lowest BCUT2D eigenvalue weighted by Crippen LogP contribution is -2.56. The predicted octanol–water partition coefficient (Wildman–Crippen LogP) is 2.15. The number of piperidine rings is 1. The molecule has 0 saturated carbocycles. The minimum absolute atomic E-state index is 0.136. The van der Waals surface area contributed by atoms with Crippen molar-refractivity contribution >= 4 is 23.6 Å². The van der Waals surface area contributed by atoms with Crippen LogP contribution in [0.4, 0.5) is 4.79 Å². The Morgan fingerprint density at radius 3 is 2.38 bits per heavy atom. The first-order valence-electron chi connectivity index (χ1n) is 10.5. The molecule has 0 aliphatic carbocycles. The number of amides is 4. The zero-order valence-electron chi connectivity index (χ0n) is 17.6. The second-order valence-corrected chi connectivity index (χ2v) is 7.96. The van der Waals surface area contributed by atoms with Crippen molar-refractivity contribution in [1.29, 1.82) is 0 Å². The third kappa shape index (κ3) is 4.40. The summed E-state index contributed by atoms with van der Waals surface area (Å²) in [5.74, 6) is -0.698. The van der Waals surface area contributed by atoms with Crippen LogP contribution in [0.25, 0.3) is 0 Å². The van der Waals surface area contributed by atoms with Crippen molar-refractivity contribution in [2.45, 2.75) is 19.4 Å². The summed E-state index contributed by atoms with van der Waals surface area (Å²) in [6.45, 7) is 1.12. The topological polar surface area (TPSA) is 105 Å². The van der Waals surface area contributed by atoms with Crippen molar-refractivity contribution in [1.82, 2.24) is 9.91 Å². The highest BCUT2D eigenvalue weighted by Crippen LogP contribution is 2.38. The number of ether oxygens (including phenoxy) is 1. The van der Waals surface area contributed by atoms with Crippen LogP contribution in [0.5, 0.6) is 0 Å². The summed E-state index contributed by atoms with van der Waals surface area (Å²) < 4.78 is 5.60. The molecule has 2 aromatic rings. The lowest BCUT2D eigenvalue weighted by atomic mass is 9.73. The lowest BCUT2D eigenvalue weighted by Gasteiger charge is -2.39. The minimum Gasteiger partial charge on any atom is -0.376 e. The Bertz CT molecular complexity index is 1020. The maximum absolute atomic E-state index is 13.2. The second-order valence-electron chi connectivity index (χ2n) is 7.96. The van der Waals surface area contributed by atoms with Crippen molar-refractivity contribution < 1.29 is 19.1 Å². The van der Waals surface area contributed by atoms with Gasteiger partial charge in [0.05, 0.1) is 25.3 Å². The van der Waals surface area contributed by atoms with Crippen LogP contribution in [0.1, 0.15) is 17.5 Å². The van der Waals surface area contributed by atoms with Gasteiger partial charge in [0.25, 0.3) is 5.91 Å². The molecule has 8 heteroatoms. The van der Waals surface area contributed by atoms with Crippen molar-refractivity contribution in [3.05, 3.63) is 78.2 Å². The Morgan fingerprint density at radius 2 is 1.72 bits per heavy atom. The number of hydrogen-bond acceptors (Lipinski definition) is 5. The molecule has 4 amide bonds. The van der Waals surface area contributed by atoms with Crippen LogP contribution in [0.3, 0.4) is 0 Å². The Kier molecular flexibility index (Phi) is 6.32. The van der Waals surface area contributed by atoms with Crippen LogP contribution in [-0.2, 0) is 27.4 Å². The summed E-state index contributed by atoms with van der Waals surface area (Å²) >= 11 is 0. The first-order chi connectivity index (χ1) is 15.5. The maximum Gasteiger partial charge on any atom is 0.342 e. The van der Waals surface area contributed by atoms with E-state index in [2.05, 4.69) is 5.10 Å². The number of fused-ring (bicyclic) bond motifs is 1. The first-order valence-corrected chi connectivity index (χ1v) is 10.5. The van der Waals surface area contributed by atoms with Crippen molar-refractivity contribution in [3.8, 4) is 0 Å². The smallest absolute Gasteiger partial charge is 0.342 e. The molecule has 8 nitrogen and oxygen atoms in total. The molecule has 1 saturated heterocycles. The Morgan fingerprint density at radius 1 is 1.06 bits per heavy atom. The van der Waals surface area contributed by atoms with E-state index in [1.165, 1.54) is 6.42 Å². The SMILES string of the molecule is NC(=O)N1N=C2CCN(C(=O)[CH]COCc3ccccc3)CC2(Cc2ccccc2)C1=O. The van der Waals surface area contributed by atoms with E-state index in [0.717, 1.165) is 16.1 Å². The summed E-state index contributed by atoms with van der Waals surface area (Å²) in [5.41, 5.74) is 6.82. The van der Waals surface area contributed by atoms with Gasteiger partial charge >= 0.3 is 6.03 Å². The molecule has 1 fully saturated rings. The first kappa shape index (κ1) is 21.7. The number of primary amides is 1. The Labute approximate surface area is 186 Å². The van der Waals surface area contributed by atoms with E-state index in [-0.39, 0.29) is 19.1 Å². The third-order valence-electron chi connectivity index (χ3n) is 5.81. The van der Waals surface area contributed by atoms with Crippen molar-refractivity contribution in [2.75, 3.05) is 19.7 Å². The molecule has 4 rings (SSSR count). The van der Waals surface area contributed by atoms with Crippen LogP contribution in [0.15, 0.2) is 65.8 Å². The zero-order chi connectivity index (χ0) is 22.6. The minimum atomic E-state index is -1.09. The van der Waals surface area contributed by atoms with E-state index in [1.807, 2.05) is 60.7 Å². The van der Waals surface area contributed by atoms with Gasteiger partial charge in [-0.25, -0.2) is 4.79 Å². The third-order valence-corrected chi connectivity index (χ3v) is 5.81. The molecular formula is C24H25N4O4. The molecule has 32 heavy (non-hydrogen) atoms. The van der Waals surface area contributed by atoms with Gasteiger partial charge in [-0.3, -0.25) is 9.59 Å². The molecule has 2 N–H and O–H groups in total. The number of hydrazone groups is 1. The summed E-state index contributed by atoms with van der Waals surface area (Å²) in [6.07, 6.45) is 2.21. The Balaban J connectivity index is 1.44. The van der Waals surface area contributed by atoms with Gasteiger partial charge in [0.2, 0.25) is 5.91 Å². The van der Waals surface area contributed by atoms with E-state index in [0.29, 0.717) is 31.7 Å². The van der Waals surface area contributed by atoms with Gasteiger partial charge in [-0.15, -0.1) is 5.01 Å². The highest BCUT2D eigenvalue weighted by atomic mass is 16.5. The number of nitrogens with zero attached hydrogens (tertiary/aromatic N) is 3. The summed E-state index contributed by atoms with van der Waals surface area (Å²) in [5, 5.41) is 4.95. The fourth-order valence-electron chi connectivity index (χ4n) is 4.21. The molecule has 2 aliphatic rings.